The number of ether oxygens (including phenoxy) is 1. The molecule has 188 valence electrons. The minimum Gasteiger partial charge on any atom is -0.444 e. The molecule has 2 N–H and O–H groups in total. The summed E-state index contributed by atoms with van der Waals surface area (Å²) < 4.78 is 20.2. The number of carbonyl (C=O) groups is 3. The van der Waals surface area contributed by atoms with Crippen molar-refractivity contribution in [3.8, 4) is 11.8 Å². The number of benzene rings is 1. The summed E-state index contributed by atoms with van der Waals surface area (Å²) in [5.41, 5.74) is -0.913. The van der Waals surface area contributed by atoms with Gasteiger partial charge >= 0.3 is 6.09 Å². The second-order valence-corrected chi connectivity index (χ2v) is 9.42. The second kappa shape index (κ2) is 10.2. The first-order chi connectivity index (χ1) is 16.8. The van der Waals surface area contributed by atoms with Crippen molar-refractivity contribution in [2.24, 2.45) is 4.99 Å². The summed E-state index contributed by atoms with van der Waals surface area (Å²) in [6.07, 6.45) is 0.537. The van der Waals surface area contributed by atoms with Crippen LogP contribution in [0.3, 0.4) is 0 Å². The zero-order chi connectivity index (χ0) is 26.7. The molecule has 2 heterocycles. The van der Waals surface area contributed by atoms with Gasteiger partial charge in [-0.3, -0.25) is 19.8 Å². The van der Waals surface area contributed by atoms with Crippen molar-refractivity contribution in [2.45, 2.75) is 52.2 Å². The number of pyridine rings is 1. The quantitative estimate of drug-likeness (QED) is 0.632. The Bertz CT molecular complexity index is 1290. The summed E-state index contributed by atoms with van der Waals surface area (Å²) in [5.74, 6) is 4.03. The van der Waals surface area contributed by atoms with Crippen LogP contribution < -0.4 is 10.6 Å². The largest absolute Gasteiger partial charge is 0.444 e. The first-order valence-electron chi connectivity index (χ1n) is 11.2. The van der Waals surface area contributed by atoms with Crippen LogP contribution in [0.2, 0.25) is 0 Å². The maximum absolute atomic E-state index is 15.0. The number of alkyl carbamates (subject to hydrolysis) is 1. The third kappa shape index (κ3) is 6.24. The summed E-state index contributed by atoms with van der Waals surface area (Å²) in [6.45, 7) is 8.38. The SMILES string of the molecule is CC#Cc1ccc(C(=O)Nc2ccc(F)c(C3(C)CC(=O)N(C)C(NC(=O)OC(C)(C)C)=N3)c2)nc1. The van der Waals surface area contributed by atoms with Gasteiger partial charge in [-0.15, -0.1) is 5.92 Å². The van der Waals surface area contributed by atoms with Gasteiger partial charge in [0.05, 0.1) is 12.0 Å². The molecule has 1 aliphatic rings. The number of carbonyl (C=O) groups excluding carboxylic acids is 3. The Labute approximate surface area is 209 Å². The molecule has 3 rings (SSSR count). The van der Waals surface area contributed by atoms with E-state index in [9.17, 15) is 18.8 Å². The lowest BCUT2D eigenvalue weighted by Crippen LogP contribution is -2.52. The van der Waals surface area contributed by atoms with Crippen LogP contribution in [0.5, 0.6) is 0 Å². The van der Waals surface area contributed by atoms with Crippen LogP contribution in [0.25, 0.3) is 0 Å². The van der Waals surface area contributed by atoms with E-state index in [0.29, 0.717) is 11.3 Å². The van der Waals surface area contributed by atoms with Gasteiger partial charge in [-0.2, -0.15) is 0 Å². The minimum absolute atomic E-state index is 0.0729. The number of nitrogens with zero attached hydrogens (tertiary/aromatic N) is 3. The first-order valence-corrected chi connectivity index (χ1v) is 11.2. The number of hydrogen-bond acceptors (Lipinski definition) is 6. The minimum atomic E-state index is -1.35. The van der Waals surface area contributed by atoms with Gasteiger partial charge in [-0.1, -0.05) is 5.92 Å². The number of halogens is 1. The van der Waals surface area contributed by atoms with Crippen LogP contribution in [-0.2, 0) is 15.1 Å². The van der Waals surface area contributed by atoms with Crippen molar-refractivity contribution in [3.63, 3.8) is 0 Å². The van der Waals surface area contributed by atoms with E-state index in [4.69, 9.17) is 4.74 Å². The average Bonchev–Trinajstić information content (AvgIpc) is 2.78. The molecule has 0 spiro atoms. The van der Waals surface area contributed by atoms with Crippen LogP contribution in [0.15, 0.2) is 41.5 Å². The summed E-state index contributed by atoms with van der Waals surface area (Å²) in [6, 6.07) is 7.21. The van der Waals surface area contributed by atoms with Crippen LogP contribution in [0, 0.1) is 17.7 Å². The van der Waals surface area contributed by atoms with E-state index in [2.05, 4.69) is 32.5 Å². The molecule has 1 unspecified atom stereocenters. The molecule has 2 aromatic rings. The van der Waals surface area contributed by atoms with Crippen molar-refractivity contribution in [2.75, 3.05) is 12.4 Å². The summed E-state index contributed by atoms with van der Waals surface area (Å²) >= 11 is 0. The molecular formula is C26H28FN5O4. The molecule has 1 atom stereocenters. The lowest BCUT2D eigenvalue weighted by molar-refractivity contribution is -0.128. The van der Waals surface area contributed by atoms with E-state index < -0.39 is 29.0 Å². The fraction of sp³-hybridized carbons (Fsp3) is 0.346. The number of hydrogen-bond donors (Lipinski definition) is 2. The van der Waals surface area contributed by atoms with Crippen LogP contribution in [0.1, 0.15) is 62.7 Å². The highest BCUT2D eigenvalue weighted by Gasteiger charge is 2.39. The van der Waals surface area contributed by atoms with Gasteiger partial charge in [0.1, 0.15) is 17.1 Å². The molecule has 1 aromatic heterocycles. The van der Waals surface area contributed by atoms with Crippen LogP contribution in [-0.4, -0.2) is 46.4 Å². The first kappa shape index (κ1) is 26.3. The normalized spacial score (nSPS) is 17.5. The molecule has 0 aliphatic carbocycles. The van der Waals surface area contributed by atoms with Gasteiger partial charge in [-0.05, 0) is 65.0 Å². The van der Waals surface area contributed by atoms with E-state index in [1.54, 1.807) is 40.7 Å². The summed E-state index contributed by atoms with van der Waals surface area (Å²) in [7, 11) is 1.45. The van der Waals surface area contributed by atoms with E-state index in [-0.39, 0.29) is 29.5 Å². The third-order valence-electron chi connectivity index (χ3n) is 5.22. The summed E-state index contributed by atoms with van der Waals surface area (Å²) in [4.78, 5) is 47.4. The molecule has 10 heteroatoms. The molecule has 0 radical (unpaired) electrons. The smallest absolute Gasteiger partial charge is 0.414 e. The van der Waals surface area contributed by atoms with Gasteiger partial charge in [-0.25, -0.2) is 19.2 Å². The molecular weight excluding hydrogens is 465 g/mol. The number of anilines is 1. The predicted octanol–water partition coefficient (Wildman–Crippen LogP) is 3.80. The van der Waals surface area contributed by atoms with Gasteiger partial charge in [0, 0.05) is 30.1 Å². The summed E-state index contributed by atoms with van der Waals surface area (Å²) in [5, 5.41) is 5.15. The van der Waals surface area contributed by atoms with Gasteiger partial charge in [0.15, 0.2) is 0 Å². The average molecular weight is 494 g/mol. The Kier molecular flexibility index (Phi) is 7.43. The van der Waals surface area contributed by atoms with E-state index >= 15 is 0 Å². The lowest BCUT2D eigenvalue weighted by Gasteiger charge is -2.35. The maximum Gasteiger partial charge on any atom is 0.414 e. The third-order valence-corrected chi connectivity index (χ3v) is 5.22. The van der Waals surface area contributed by atoms with Crippen molar-refractivity contribution >= 4 is 29.6 Å². The molecule has 9 nitrogen and oxygen atoms in total. The van der Waals surface area contributed by atoms with Crippen molar-refractivity contribution in [1.82, 2.24) is 15.2 Å². The Balaban J connectivity index is 1.89. The topological polar surface area (TPSA) is 113 Å². The Morgan fingerprint density at radius 2 is 1.92 bits per heavy atom. The molecule has 1 aromatic carbocycles. The Morgan fingerprint density at radius 1 is 1.19 bits per heavy atom. The zero-order valence-corrected chi connectivity index (χ0v) is 21.0. The van der Waals surface area contributed by atoms with Gasteiger partial charge in [0.25, 0.3) is 5.91 Å². The van der Waals surface area contributed by atoms with Gasteiger partial charge in [0.2, 0.25) is 11.9 Å². The zero-order valence-electron chi connectivity index (χ0n) is 21.0. The highest BCUT2D eigenvalue weighted by Crippen LogP contribution is 2.36. The standard InChI is InChI=1S/C26H28FN5O4/c1-7-8-16-9-12-20(28-15-16)22(34)29-17-10-11-19(27)18(13-17)26(5)14-21(33)32(6)23(31-26)30-24(35)36-25(2,3)4/h9-13,15H,14H2,1-6H3,(H,29,34)(H,30,31,35). The molecule has 0 bridgehead atoms. The molecule has 0 saturated heterocycles. The number of rotatable bonds is 3. The van der Waals surface area contributed by atoms with E-state index in [0.717, 1.165) is 0 Å². The fourth-order valence-electron chi connectivity index (χ4n) is 3.50. The second-order valence-electron chi connectivity index (χ2n) is 9.42. The number of aliphatic imine (C=N–C) groups is 1. The molecule has 0 fully saturated rings. The highest BCUT2D eigenvalue weighted by molar-refractivity contribution is 6.05. The monoisotopic (exact) mass is 493 g/mol. The van der Waals surface area contributed by atoms with E-state index in [1.807, 2.05) is 0 Å². The molecule has 1 aliphatic heterocycles. The molecule has 36 heavy (non-hydrogen) atoms. The number of guanidine groups is 1. The van der Waals surface area contributed by atoms with Gasteiger partial charge < -0.3 is 10.1 Å². The Morgan fingerprint density at radius 3 is 2.53 bits per heavy atom. The predicted molar refractivity (Wildman–Crippen MR) is 133 cm³/mol. The van der Waals surface area contributed by atoms with Crippen molar-refractivity contribution < 1.29 is 23.5 Å². The van der Waals surface area contributed by atoms with Crippen molar-refractivity contribution in [1.29, 1.82) is 0 Å². The van der Waals surface area contributed by atoms with E-state index in [1.165, 1.54) is 42.4 Å². The molecule has 0 saturated carbocycles. The lowest BCUT2D eigenvalue weighted by atomic mass is 9.87. The maximum atomic E-state index is 15.0. The number of amides is 3. The fourth-order valence-corrected chi connectivity index (χ4v) is 3.50. The van der Waals surface area contributed by atoms with Crippen LogP contribution >= 0.6 is 0 Å². The Hall–Kier alpha value is -4.26. The number of aromatic nitrogens is 1. The van der Waals surface area contributed by atoms with Crippen molar-refractivity contribution in [3.05, 3.63) is 59.2 Å². The highest BCUT2D eigenvalue weighted by atomic mass is 19.1. The number of nitrogens with one attached hydrogen (secondary N) is 2. The molecule has 3 amide bonds. The van der Waals surface area contributed by atoms with Crippen LogP contribution in [0.4, 0.5) is 14.9 Å².